The lowest BCUT2D eigenvalue weighted by atomic mass is 10.0. The van der Waals surface area contributed by atoms with Crippen LogP contribution in [0.1, 0.15) is 58.2 Å². The Balaban J connectivity index is 2.97. The summed E-state index contributed by atoms with van der Waals surface area (Å²) in [6.45, 7) is 13.5. The lowest BCUT2D eigenvalue weighted by Crippen LogP contribution is -2.28. The van der Waals surface area contributed by atoms with Crippen molar-refractivity contribution in [2.75, 3.05) is 20.2 Å². The average Bonchev–Trinajstić information content (AvgIpc) is 2.48. The van der Waals surface area contributed by atoms with Crippen molar-refractivity contribution in [2.45, 2.75) is 59.7 Å². The third-order valence-corrected chi connectivity index (χ3v) is 4.16. The third kappa shape index (κ3) is 5.33. The molecule has 1 rings (SSSR count). The van der Waals surface area contributed by atoms with Gasteiger partial charge in [-0.1, -0.05) is 19.9 Å². The average molecular weight is 292 g/mol. The second-order valence-corrected chi connectivity index (χ2v) is 5.75. The highest BCUT2D eigenvalue weighted by molar-refractivity contribution is 5.38. The van der Waals surface area contributed by atoms with Crippen LogP contribution in [0.25, 0.3) is 0 Å². The van der Waals surface area contributed by atoms with Crippen molar-refractivity contribution in [1.29, 1.82) is 0 Å². The summed E-state index contributed by atoms with van der Waals surface area (Å²) < 4.78 is 5.80. The monoisotopic (exact) mass is 292 g/mol. The van der Waals surface area contributed by atoms with Crippen LogP contribution in [0.3, 0.4) is 0 Å². The van der Waals surface area contributed by atoms with Gasteiger partial charge in [0, 0.05) is 24.2 Å². The van der Waals surface area contributed by atoms with Gasteiger partial charge in [0.05, 0.1) is 6.61 Å². The highest BCUT2D eigenvalue weighted by Crippen LogP contribution is 2.25. The van der Waals surface area contributed by atoms with E-state index >= 15 is 0 Å². The Labute approximate surface area is 130 Å². The number of hydrogen-bond donors (Lipinski definition) is 1. The summed E-state index contributed by atoms with van der Waals surface area (Å²) in [5.41, 5.74) is 2.61. The molecule has 0 spiro atoms. The Morgan fingerprint density at radius 1 is 1.19 bits per heavy atom. The number of nitrogens with one attached hydrogen (secondary N) is 1. The van der Waals surface area contributed by atoms with Gasteiger partial charge in [0.1, 0.15) is 5.75 Å². The molecule has 2 unspecified atom stereocenters. The van der Waals surface area contributed by atoms with Gasteiger partial charge in [0.15, 0.2) is 0 Å². The van der Waals surface area contributed by atoms with E-state index < -0.39 is 0 Å². The molecule has 1 aromatic carbocycles. The normalized spacial score (nSPS) is 14.2. The minimum atomic E-state index is 0.373. The summed E-state index contributed by atoms with van der Waals surface area (Å²) in [6, 6.07) is 7.53. The molecule has 0 amide bonds. The maximum absolute atomic E-state index is 5.80. The lowest BCUT2D eigenvalue weighted by molar-refractivity contribution is 0.238. The molecule has 2 atom stereocenters. The molecule has 0 saturated heterocycles. The molecule has 0 bridgehead atoms. The van der Waals surface area contributed by atoms with Crippen molar-refractivity contribution in [1.82, 2.24) is 10.2 Å². The largest absolute Gasteiger partial charge is 0.494 e. The smallest absolute Gasteiger partial charge is 0.123 e. The first-order chi connectivity index (χ1) is 10.0. The van der Waals surface area contributed by atoms with Crippen molar-refractivity contribution in [3.8, 4) is 5.75 Å². The van der Waals surface area contributed by atoms with E-state index in [9.17, 15) is 0 Å². The Kier molecular flexibility index (Phi) is 7.76. The third-order valence-electron chi connectivity index (χ3n) is 4.16. The summed E-state index contributed by atoms with van der Waals surface area (Å²) in [7, 11) is 2.18. The fourth-order valence-corrected chi connectivity index (χ4v) is 2.45. The van der Waals surface area contributed by atoms with Gasteiger partial charge >= 0.3 is 0 Å². The van der Waals surface area contributed by atoms with E-state index in [4.69, 9.17) is 4.74 Å². The molecular formula is C18H32N2O. The zero-order valence-electron chi connectivity index (χ0n) is 14.6. The molecule has 0 fully saturated rings. The standard InChI is InChI=1S/C18H32N2O/c1-7-14(4)20(6)13-17-12-16(15(5)19-8-2)10-11-18(17)21-9-3/h10-12,14-15,19H,7-9,13H2,1-6H3. The number of benzene rings is 1. The van der Waals surface area contributed by atoms with Gasteiger partial charge in [0.2, 0.25) is 0 Å². The molecule has 21 heavy (non-hydrogen) atoms. The fraction of sp³-hybridized carbons (Fsp3) is 0.667. The van der Waals surface area contributed by atoms with Gasteiger partial charge < -0.3 is 10.1 Å². The summed E-state index contributed by atoms with van der Waals surface area (Å²) in [5, 5.41) is 3.47. The zero-order chi connectivity index (χ0) is 15.8. The van der Waals surface area contributed by atoms with Crippen LogP contribution < -0.4 is 10.1 Å². The van der Waals surface area contributed by atoms with E-state index in [1.54, 1.807) is 0 Å². The minimum absolute atomic E-state index is 0.373. The summed E-state index contributed by atoms with van der Waals surface area (Å²) >= 11 is 0. The predicted octanol–water partition coefficient (Wildman–Crippen LogP) is 3.99. The van der Waals surface area contributed by atoms with Crippen molar-refractivity contribution >= 4 is 0 Å². The Morgan fingerprint density at radius 3 is 2.48 bits per heavy atom. The second kappa shape index (κ2) is 9.06. The molecule has 1 N–H and O–H groups in total. The van der Waals surface area contributed by atoms with Crippen molar-refractivity contribution in [3.63, 3.8) is 0 Å². The van der Waals surface area contributed by atoms with Gasteiger partial charge in [-0.05, 0) is 58.5 Å². The number of ether oxygens (including phenoxy) is 1. The lowest BCUT2D eigenvalue weighted by Gasteiger charge is -2.25. The van der Waals surface area contributed by atoms with E-state index in [0.717, 1.165) is 25.3 Å². The molecule has 3 nitrogen and oxygen atoms in total. The Hall–Kier alpha value is -1.06. The van der Waals surface area contributed by atoms with E-state index in [-0.39, 0.29) is 0 Å². The van der Waals surface area contributed by atoms with Gasteiger partial charge in [-0.2, -0.15) is 0 Å². The molecule has 1 aromatic rings. The molecule has 0 saturated carbocycles. The summed E-state index contributed by atoms with van der Waals surface area (Å²) in [5.74, 6) is 1.01. The van der Waals surface area contributed by atoms with Crippen molar-refractivity contribution in [2.24, 2.45) is 0 Å². The molecule has 0 aliphatic rings. The number of hydrogen-bond acceptors (Lipinski definition) is 3. The van der Waals surface area contributed by atoms with E-state index in [2.05, 4.69) is 63.2 Å². The van der Waals surface area contributed by atoms with Gasteiger partial charge in [-0.25, -0.2) is 0 Å². The van der Waals surface area contributed by atoms with Crippen LogP contribution in [0.5, 0.6) is 5.75 Å². The van der Waals surface area contributed by atoms with Crippen LogP contribution in [0.2, 0.25) is 0 Å². The van der Waals surface area contributed by atoms with Gasteiger partial charge in [0.25, 0.3) is 0 Å². The Morgan fingerprint density at radius 2 is 1.90 bits per heavy atom. The SMILES string of the molecule is CCNC(C)c1ccc(OCC)c(CN(C)C(C)CC)c1. The highest BCUT2D eigenvalue weighted by atomic mass is 16.5. The van der Waals surface area contributed by atoms with E-state index in [1.807, 2.05) is 6.92 Å². The Bertz CT molecular complexity index is 420. The highest BCUT2D eigenvalue weighted by Gasteiger charge is 2.13. The first-order valence-electron chi connectivity index (χ1n) is 8.22. The molecule has 0 radical (unpaired) electrons. The number of nitrogens with zero attached hydrogens (tertiary/aromatic N) is 1. The van der Waals surface area contributed by atoms with Crippen LogP contribution in [0.4, 0.5) is 0 Å². The maximum Gasteiger partial charge on any atom is 0.123 e. The van der Waals surface area contributed by atoms with Crippen LogP contribution in [-0.2, 0) is 6.54 Å². The van der Waals surface area contributed by atoms with Crippen LogP contribution in [0.15, 0.2) is 18.2 Å². The van der Waals surface area contributed by atoms with Crippen LogP contribution >= 0.6 is 0 Å². The molecule has 0 aromatic heterocycles. The number of rotatable bonds is 9. The molecule has 120 valence electrons. The van der Waals surface area contributed by atoms with Crippen molar-refractivity contribution in [3.05, 3.63) is 29.3 Å². The van der Waals surface area contributed by atoms with E-state index in [0.29, 0.717) is 18.7 Å². The fourth-order valence-electron chi connectivity index (χ4n) is 2.45. The van der Waals surface area contributed by atoms with Crippen molar-refractivity contribution < 1.29 is 4.74 Å². The summed E-state index contributed by atoms with van der Waals surface area (Å²) in [6.07, 6.45) is 1.16. The topological polar surface area (TPSA) is 24.5 Å². The first kappa shape index (κ1) is 18.0. The first-order valence-corrected chi connectivity index (χ1v) is 8.22. The molecule has 0 aliphatic heterocycles. The molecule has 0 heterocycles. The maximum atomic E-state index is 5.80. The van der Waals surface area contributed by atoms with Gasteiger partial charge in [-0.15, -0.1) is 0 Å². The molecular weight excluding hydrogens is 260 g/mol. The van der Waals surface area contributed by atoms with Crippen LogP contribution in [0, 0.1) is 0 Å². The zero-order valence-corrected chi connectivity index (χ0v) is 14.6. The van der Waals surface area contributed by atoms with E-state index in [1.165, 1.54) is 11.1 Å². The molecule has 0 aliphatic carbocycles. The summed E-state index contributed by atoms with van der Waals surface area (Å²) in [4.78, 5) is 2.39. The van der Waals surface area contributed by atoms with Gasteiger partial charge in [-0.3, -0.25) is 4.90 Å². The minimum Gasteiger partial charge on any atom is -0.494 e. The van der Waals surface area contributed by atoms with Crippen LogP contribution in [-0.4, -0.2) is 31.1 Å². The quantitative estimate of drug-likeness (QED) is 0.745. The second-order valence-electron chi connectivity index (χ2n) is 5.75. The molecule has 3 heteroatoms. The predicted molar refractivity (Wildman–Crippen MR) is 90.9 cm³/mol.